The molecule has 8 nitrogen and oxygen atoms in total. The summed E-state index contributed by atoms with van der Waals surface area (Å²) in [7, 11) is 2.14. The van der Waals surface area contributed by atoms with E-state index in [1.54, 1.807) is 0 Å². The van der Waals surface area contributed by atoms with E-state index in [1.807, 2.05) is 24.0 Å². The van der Waals surface area contributed by atoms with Crippen LogP contribution in [0.15, 0.2) is 66.7 Å². The van der Waals surface area contributed by atoms with E-state index >= 15 is 0 Å². The largest absolute Gasteiger partial charge is 0.367 e. The fourth-order valence-corrected chi connectivity index (χ4v) is 5.49. The van der Waals surface area contributed by atoms with Gasteiger partial charge >= 0.3 is 6.03 Å². The molecule has 222 valence electrons. The Balaban J connectivity index is 1.39. The molecule has 0 spiro atoms. The van der Waals surface area contributed by atoms with Crippen LogP contribution in [0.5, 0.6) is 0 Å². The van der Waals surface area contributed by atoms with Crippen LogP contribution in [0.1, 0.15) is 42.9 Å². The van der Waals surface area contributed by atoms with Crippen molar-refractivity contribution in [3.8, 4) is 11.1 Å². The van der Waals surface area contributed by atoms with Gasteiger partial charge in [0, 0.05) is 58.3 Å². The second-order valence-corrected chi connectivity index (χ2v) is 11.6. The minimum absolute atomic E-state index is 0.139. The van der Waals surface area contributed by atoms with Crippen LogP contribution in [-0.4, -0.2) is 61.5 Å². The number of nitrogens with two attached hydrogens (primary N) is 1. The second kappa shape index (κ2) is 13.9. The number of benzene rings is 3. The van der Waals surface area contributed by atoms with Crippen molar-refractivity contribution in [1.82, 2.24) is 15.1 Å². The van der Waals surface area contributed by atoms with Gasteiger partial charge in [0.25, 0.3) is 0 Å². The predicted octanol–water partition coefficient (Wildman–Crippen LogP) is 5.03. The standard InChI is InChI=1S/C34H44N6O2/c1-3-14-36-34(42)37-31-21-30(12-13-32(31)39-17-15-38(2)16-18-39)29-9-5-8-27(20-29)24-40(33(41)28-10-11-28)23-26-7-4-6-25(19-26)22-35/h4-9,12-13,19-21,28H,3,10-11,14-18,22-24,35H2,1-2H3,(H2,36,37,42). The molecule has 1 saturated carbocycles. The number of rotatable bonds is 11. The Labute approximate surface area is 249 Å². The van der Waals surface area contributed by atoms with Gasteiger partial charge in [0.15, 0.2) is 0 Å². The smallest absolute Gasteiger partial charge is 0.319 e. The van der Waals surface area contributed by atoms with Crippen molar-refractivity contribution in [3.63, 3.8) is 0 Å². The molecule has 4 N–H and O–H groups in total. The van der Waals surface area contributed by atoms with Crippen LogP contribution >= 0.6 is 0 Å². The molecule has 3 aromatic carbocycles. The minimum atomic E-state index is -0.189. The quantitative estimate of drug-likeness (QED) is 0.302. The van der Waals surface area contributed by atoms with Crippen molar-refractivity contribution in [3.05, 3.63) is 83.4 Å². The molecule has 2 fully saturated rings. The van der Waals surface area contributed by atoms with Gasteiger partial charge in [-0.3, -0.25) is 4.79 Å². The van der Waals surface area contributed by atoms with E-state index in [9.17, 15) is 9.59 Å². The third kappa shape index (κ3) is 7.69. The van der Waals surface area contributed by atoms with Crippen LogP contribution in [0.3, 0.4) is 0 Å². The molecule has 0 bridgehead atoms. The Kier molecular flexibility index (Phi) is 9.77. The predicted molar refractivity (Wildman–Crippen MR) is 170 cm³/mol. The molecule has 42 heavy (non-hydrogen) atoms. The number of hydrogen-bond donors (Lipinski definition) is 3. The number of urea groups is 1. The first-order valence-corrected chi connectivity index (χ1v) is 15.2. The third-order valence-corrected chi connectivity index (χ3v) is 8.10. The number of hydrogen-bond acceptors (Lipinski definition) is 5. The second-order valence-electron chi connectivity index (χ2n) is 11.6. The zero-order valence-electron chi connectivity index (χ0n) is 24.9. The summed E-state index contributed by atoms with van der Waals surface area (Å²) in [5.41, 5.74) is 13.0. The molecule has 0 radical (unpaired) electrons. The van der Waals surface area contributed by atoms with E-state index in [0.29, 0.717) is 26.2 Å². The van der Waals surface area contributed by atoms with Crippen LogP contribution in [0.25, 0.3) is 11.1 Å². The van der Waals surface area contributed by atoms with Crippen molar-refractivity contribution < 1.29 is 9.59 Å². The van der Waals surface area contributed by atoms with Crippen LogP contribution in [0, 0.1) is 5.92 Å². The maximum absolute atomic E-state index is 13.3. The first-order chi connectivity index (χ1) is 20.4. The first-order valence-electron chi connectivity index (χ1n) is 15.2. The van der Waals surface area contributed by atoms with Gasteiger partial charge < -0.3 is 31.1 Å². The Morgan fingerprint density at radius 2 is 1.55 bits per heavy atom. The fourth-order valence-electron chi connectivity index (χ4n) is 5.49. The average Bonchev–Trinajstić information content (AvgIpc) is 3.86. The molecule has 0 unspecified atom stereocenters. The van der Waals surface area contributed by atoms with Crippen molar-refractivity contribution in [2.45, 2.75) is 45.8 Å². The monoisotopic (exact) mass is 568 g/mol. The van der Waals surface area contributed by atoms with Gasteiger partial charge in [0.05, 0.1) is 11.4 Å². The van der Waals surface area contributed by atoms with Gasteiger partial charge in [-0.1, -0.05) is 55.5 Å². The minimum Gasteiger partial charge on any atom is -0.367 e. The van der Waals surface area contributed by atoms with E-state index in [1.165, 1.54) is 0 Å². The van der Waals surface area contributed by atoms with Gasteiger partial charge in [0.2, 0.25) is 5.91 Å². The number of carbonyl (C=O) groups is 2. The Morgan fingerprint density at radius 3 is 2.24 bits per heavy atom. The number of piperazine rings is 1. The number of amides is 3. The number of nitrogens with zero attached hydrogens (tertiary/aromatic N) is 3. The Bertz CT molecular complexity index is 1380. The Hall–Kier alpha value is -3.88. The van der Waals surface area contributed by atoms with Crippen LogP contribution in [-0.2, 0) is 24.4 Å². The number of nitrogens with one attached hydrogen (secondary N) is 2. The highest BCUT2D eigenvalue weighted by Gasteiger charge is 2.33. The molecular formula is C34H44N6O2. The first kappa shape index (κ1) is 29.6. The topological polar surface area (TPSA) is 93.9 Å². The van der Waals surface area contributed by atoms with Gasteiger partial charge in [-0.25, -0.2) is 4.79 Å². The molecular weight excluding hydrogens is 524 g/mol. The molecule has 1 saturated heterocycles. The summed E-state index contributed by atoms with van der Waals surface area (Å²) in [5, 5.41) is 6.05. The lowest BCUT2D eigenvalue weighted by atomic mass is 10.0. The summed E-state index contributed by atoms with van der Waals surface area (Å²) in [6.07, 6.45) is 2.82. The normalized spacial score (nSPS) is 15.4. The number of likely N-dealkylation sites (N-methyl/N-ethyl adjacent to an activating group) is 1. The molecule has 0 atom stereocenters. The highest BCUT2D eigenvalue weighted by Crippen LogP contribution is 2.34. The highest BCUT2D eigenvalue weighted by molar-refractivity contribution is 5.94. The number of anilines is 2. The molecule has 1 aliphatic heterocycles. The van der Waals surface area contributed by atoms with Crippen molar-refractivity contribution in [2.75, 3.05) is 50.0 Å². The summed E-state index contributed by atoms with van der Waals surface area (Å²) in [5.74, 6) is 0.361. The molecule has 1 aliphatic carbocycles. The lowest BCUT2D eigenvalue weighted by Crippen LogP contribution is -2.44. The van der Waals surface area contributed by atoms with E-state index in [4.69, 9.17) is 5.73 Å². The molecule has 3 amide bonds. The van der Waals surface area contributed by atoms with Gasteiger partial charge in [-0.15, -0.1) is 0 Å². The van der Waals surface area contributed by atoms with Gasteiger partial charge in [-0.05, 0) is 72.3 Å². The summed E-state index contributed by atoms with van der Waals surface area (Å²) in [6.45, 7) is 8.05. The fraction of sp³-hybridized carbons (Fsp3) is 0.412. The molecule has 3 aromatic rings. The van der Waals surface area contributed by atoms with Crippen LogP contribution in [0.2, 0.25) is 0 Å². The average molecular weight is 569 g/mol. The van der Waals surface area contributed by atoms with E-state index in [2.05, 4.69) is 82.1 Å². The van der Waals surface area contributed by atoms with E-state index in [-0.39, 0.29) is 17.9 Å². The zero-order valence-corrected chi connectivity index (χ0v) is 24.9. The molecule has 8 heteroatoms. The van der Waals surface area contributed by atoms with E-state index in [0.717, 1.165) is 84.6 Å². The molecule has 0 aromatic heterocycles. The summed E-state index contributed by atoms with van der Waals surface area (Å²) >= 11 is 0. The third-order valence-electron chi connectivity index (χ3n) is 8.10. The van der Waals surface area contributed by atoms with Gasteiger partial charge in [0.1, 0.15) is 0 Å². The van der Waals surface area contributed by atoms with Crippen LogP contribution < -0.4 is 21.3 Å². The van der Waals surface area contributed by atoms with Crippen molar-refractivity contribution in [2.24, 2.45) is 11.7 Å². The van der Waals surface area contributed by atoms with Crippen molar-refractivity contribution in [1.29, 1.82) is 0 Å². The molecule has 2 aliphatic rings. The summed E-state index contributed by atoms with van der Waals surface area (Å²) in [4.78, 5) is 32.7. The van der Waals surface area contributed by atoms with Gasteiger partial charge in [-0.2, -0.15) is 0 Å². The summed E-state index contributed by atoms with van der Waals surface area (Å²) in [6, 6.07) is 22.7. The lowest BCUT2D eigenvalue weighted by molar-refractivity contribution is -0.133. The SMILES string of the molecule is CCCNC(=O)Nc1cc(-c2cccc(CN(Cc3cccc(CN)c3)C(=O)C3CC3)c2)ccc1N1CCN(C)CC1. The van der Waals surface area contributed by atoms with E-state index < -0.39 is 0 Å². The maximum Gasteiger partial charge on any atom is 0.319 e. The highest BCUT2D eigenvalue weighted by atomic mass is 16.2. The number of carbonyl (C=O) groups excluding carboxylic acids is 2. The molecule has 5 rings (SSSR count). The zero-order chi connectivity index (χ0) is 29.5. The summed E-state index contributed by atoms with van der Waals surface area (Å²) < 4.78 is 0. The van der Waals surface area contributed by atoms with Crippen molar-refractivity contribution >= 4 is 23.3 Å². The maximum atomic E-state index is 13.3. The van der Waals surface area contributed by atoms with Crippen LogP contribution in [0.4, 0.5) is 16.2 Å². The molecule has 1 heterocycles. The Morgan fingerprint density at radius 1 is 0.881 bits per heavy atom. The lowest BCUT2D eigenvalue weighted by Gasteiger charge is -2.35.